The fraction of sp³-hybridized carbons (Fsp3) is 0.182. The molecule has 0 fully saturated rings. The maximum Gasteiger partial charge on any atom is 0.258 e. The highest BCUT2D eigenvalue weighted by molar-refractivity contribution is 6.31. The van der Waals surface area contributed by atoms with Gasteiger partial charge in [0.2, 0.25) is 5.95 Å². The summed E-state index contributed by atoms with van der Waals surface area (Å²) in [6, 6.07) is 5.11. The topological polar surface area (TPSA) is 70.7 Å². The van der Waals surface area contributed by atoms with Gasteiger partial charge in [0.25, 0.3) is 5.91 Å². The van der Waals surface area contributed by atoms with Crippen molar-refractivity contribution in [3.63, 3.8) is 0 Å². The molecule has 1 amide bonds. The Kier molecular flexibility index (Phi) is 3.10. The van der Waals surface area contributed by atoms with Crippen molar-refractivity contribution in [3.05, 3.63) is 40.2 Å². The minimum atomic E-state index is -0.286. The highest BCUT2D eigenvalue weighted by Crippen LogP contribution is 2.17. The lowest BCUT2D eigenvalue weighted by molar-refractivity contribution is 0.102. The van der Waals surface area contributed by atoms with E-state index in [9.17, 15) is 4.79 Å². The molecule has 5 nitrogen and oxygen atoms in total. The lowest BCUT2D eigenvalue weighted by atomic mass is 10.1. The molecule has 0 radical (unpaired) electrons. The van der Waals surface area contributed by atoms with Crippen LogP contribution < -0.4 is 5.32 Å². The number of halogens is 1. The van der Waals surface area contributed by atoms with Gasteiger partial charge in [0.1, 0.15) is 5.82 Å². The van der Waals surface area contributed by atoms with Crippen LogP contribution in [0.15, 0.2) is 18.2 Å². The summed E-state index contributed by atoms with van der Waals surface area (Å²) in [5.41, 5.74) is 1.40. The first-order valence-corrected chi connectivity index (χ1v) is 5.40. The van der Waals surface area contributed by atoms with Crippen LogP contribution in [0.3, 0.4) is 0 Å². The number of aryl methyl sites for hydroxylation is 2. The van der Waals surface area contributed by atoms with Crippen molar-refractivity contribution in [1.82, 2.24) is 15.2 Å². The molecule has 0 aliphatic rings. The summed E-state index contributed by atoms with van der Waals surface area (Å²) in [7, 11) is 0. The average Bonchev–Trinajstić information content (AvgIpc) is 2.68. The van der Waals surface area contributed by atoms with Gasteiger partial charge in [-0.1, -0.05) is 17.7 Å². The van der Waals surface area contributed by atoms with E-state index in [1.807, 2.05) is 6.92 Å². The molecule has 0 aliphatic heterocycles. The van der Waals surface area contributed by atoms with E-state index in [2.05, 4.69) is 20.5 Å². The van der Waals surface area contributed by atoms with Crippen molar-refractivity contribution >= 4 is 23.5 Å². The van der Waals surface area contributed by atoms with Crippen molar-refractivity contribution < 1.29 is 4.79 Å². The Morgan fingerprint density at radius 3 is 2.76 bits per heavy atom. The van der Waals surface area contributed by atoms with Crippen molar-refractivity contribution in [1.29, 1.82) is 0 Å². The molecule has 88 valence electrons. The van der Waals surface area contributed by atoms with Gasteiger partial charge in [-0.05, 0) is 31.5 Å². The lowest BCUT2D eigenvalue weighted by Gasteiger charge is -2.03. The average molecular weight is 251 g/mol. The van der Waals surface area contributed by atoms with E-state index in [-0.39, 0.29) is 11.9 Å². The second kappa shape index (κ2) is 4.55. The number of nitrogens with one attached hydrogen (secondary N) is 2. The second-order valence-electron chi connectivity index (χ2n) is 3.66. The van der Waals surface area contributed by atoms with Gasteiger partial charge in [-0.25, -0.2) is 0 Å². The first kappa shape index (κ1) is 11.6. The van der Waals surface area contributed by atoms with Gasteiger partial charge >= 0.3 is 0 Å². The highest BCUT2D eigenvalue weighted by atomic mass is 35.5. The number of carbonyl (C=O) groups excluding carboxylic acids is 1. The molecule has 1 heterocycles. The van der Waals surface area contributed by atoms with Crippen molar-refractivity contribution in [2.45, 2.75) is 13.8 Å². The van der Waals surface area contributed by atoms with Gasteiger partial charge in [-0.2, -0.15) is 4.98 Å². The Bertz CT molecular complexity index is 564. The SMILES string of the molecule is Cc1nc(NC(=O)c2ccc(C)c(Cl)c2)n[nH]1. The third kappa shape index (κ3) is 2.62. The van der Waals surface area contributed by atoms with Crippen molar-refractivity contribution in [3.8, 4) is 0 Å². The number of carbonyl (C=O) groups is 1. The molecule has 2 N–H and O–H groups in total. The molecule has 0 spiro atoms. The number of amides is 1. The molecule has 2 aromatic rings. The summed E-state index contributed by atoms with van der Waals surface area (Å²) < 4.78 is 0. The van der Waals surface area contributed by atoms with Crippen molar-refractivity contribution in [2.24, 2.45) is 0 Å². The van der Waals surface area contributed by atoms with Crippen LogP contribution in [0, 0.1) is 13.8 Å². The monoisotopic (exact) mass is 250 g/mol. The molecular weight excluding hydrogens is 240 g/mol. The number of benzene rings is 1. The summed E-state index contributed by atoms with van der Waals surface area (Å²) in [5.74, 6) is 0.609. The maximum atomic E-state index is 11.8. The zero-order valence-electron chi connectivity index (χ0n) is 9.41. The number of aromatic amines is 1. The number of H-pyrrole nitrogens is 1. The maximum absolute atomic E-state index is 11.8. The molecule has 1 aromatic heterocycles. The summed E-state index contributed by atoms with van der Waals surface area (Å²) in [4.78, 5) is 15.8. The van der Waals surface area contributed by atoms with E-state index in [0.29, 0.717) is 16.4 Å². The van der Waals surface area contributed by atoms with Crippen molar-refractivity contribution in [2.75, 3.05) is 5.32 Å². The second-order valence-corrected chi connectivity index (χ2v) is 4.07. The zero-order valence-corrected chi connectivity index (χ0v) is 10.2. The van der Waals surface area contributed by atoms with Gasteiger partial charge in [-0.15, -0.1) is 5.10 Å². The summed E-state index contributed by atoms with van der Waals surface area (Å²) in [6.07, 6.45) is 0. The summed E-state index contributed by atoms with van der Waals surface area (Å²) >= 11 is 5.95. The van der Waals surface area contributed by atoms with Gasteiger partial charge in [-0.3, -0.25) is 15.2 Å². The summed E-state index contributed by atoms with van der Waals surface area (Å²) in [5, 5.41) is 9.60. The van der Waals surface area contributed by atoms with E-state index in [1.165, 1.54) is 0 Å². The van der Waals surface area contributed by atoms with Crippen LogP contribution in [-0.4, -0.2) is 21.1 Å². The number of hydrogen-bond donors (Lipinski definition) is 2. The molecule has 0 bridgehead atoms. The number of nitrogens with zero attached hydrogens (tertiary/aromatic N) is 2. The minimum absolute atomic E-state index is 0.254. The Labute approximate surface area is 103 Å². The van der Waals surface area contributed by atoms with Gasteiger partial charge < -0.3 is 0 Å². The standard InChI is InChI=1S/C11H11ClN4O/c1-6-3-4-8(5-9(6)12)10(17)14-11-13-7(2)15-16-11/h3-5H,1-2H3,(H2,13,14,15,16,17). The molecule has 1 aromatic carbocycles. The lowest BCUT2D eigenvalue weighted by Crippen LogP contribution is -2.13. The third-order valence-electron chi connectivity index (χ3n) is 2.26. The smallest absolute Gasteiger partial charge is 0.258 e. The molecule has 0 saturated carbocycles. The van der Waals surface area contributed by atoms with E-state index < -0.39 is 0 Å². The van der Waals surface area contributed by atoms with Crippen LogP contribution in [0.5, 0.6) is 0 Å². The largest absolute Gasteiger partial charge is 0.289 e. The number of rotatable bonds is 2. The highest BCUT2D eigenvalue weighted by Gasteiger charge is 2.09. The van der Waals surface area contributed by atoms with E-state index in [0.717, 1.165) is 5.56 Å². The van der Waals surface area contributed by atoms with Crippen LogP contribution in [0.25, 0.3) is 0 Å². The fourth-order valence-electron chi connectivity index (χ4n) is 1.31. The minimum Gasteiger partial charge on any atom is -0.289 e. The zero-order chi connectivity index (χ0) is 12.4. The van der Waals surface area contributed by atoms with Crippen LogP contribution >= 0.6 is 11.6 Å². The molecule has 6 heteroatoms. The van der Waals surface area contributed by atoms with Crippen LogP contribution in [0.1, 0.15) is 21.7 Å². The van der Waals surface area contributed by atoms with Crippen LogP contribution in [-0.2, 0) is 0 Å². The van der Waals surface area contributed by atoms with Gasteiger partial charge in [0.05, 0.1) is 0 Å². The Balaban J connectivity index is 2.17. The normalized spacial score (nSPS) is 10.3. The number of anilines is 1. The Hall–Kier alpha value is -1.88. The molecule has 2 rings (SSSR count). The summed E-state index contributed by atoms with van der Waals surface area (Å²) in [6.45, 7) is 3.63. The van der Waals surface area contributed by atoms with Crippen LogP contribution in [0.4, 0.5) is 5.95 Å². The molecule has 0 saturated heterocycles. The Morgan fingerprint density at radius 2 is 2.18 bits per heavy atom. The number of aromatic nitrogens is 3. The van der Waals surface area contributed by atoms with Gasteiger partial charge in [0.15, 0.2) is 0 Å². The molecular formula is C11H11ClN4O. The molecule has 0 unspecified atom stereocenters. The third-order valence-corrected chi connectivity index (χ3v) is 2.66. The molecule has 17 heavy (non-hydrogen) atoms. The first-order valence-electron chi connectivity index (χ1n) is 5.03. The first-order chi connectivity index (χ1) is 8.06. The number of hydrogen-bond acceptors (Lipinski definition) is 3. The van der Waals surface area contributed by atoms with Gasteiger partial charge in [0, 0.05) is 10.6 Å². The predicted molar refractivity (Wildman–Crippen MR) is 65.3 cm³/mol. The quantitative estimate of drug-likeness (QED) is 0.859. The predicted octanol–water partition coefficient (Wildman–Crippen LogP) is 2.33. The van der Waals surface area contributed by atoms with E-state index in [1.54, 1.807) is 25.1 Å². The van der Waals surface area contributed by atoms with Crippen LogP contribution in [0.2, 0.25) is 5.02 Å². The molecule has 0 aliphatic carbocycles. The van der Waals surface area contributed by atoms with E-state index in [4.69, 9.17) is 11.6 Å². The van der Waals surface area contributed by atoms with E-state index >= 15 is 0 Å². The molecule has 0 atom stereocenters. The fourth-order valence-corrected chi connectivity index (χ4v) is 1.49. The Morgan fingerprint density at radius 1 is 1.41 bits per heavy atom.